The van der Waals surface area contributed by atoms with Gasteiger partial charge in [0.1, 0.15) is 11.3 Å². The van der Waals surface area contributed by atoms with E-state index >= 15 is 0 Å². The molecule has 0 aromatic carbocycles. The molecular weight excluding hydrogens is 370 g/mol. The Morgan fingerprint density at radius 1 is 1.28 bits per heavy atom. The third-order valence-corrected chi connectivity index (χ3v) is 5.09. The Balaban J connectivity index is 1.45. The van der Waals surface area contributed by atoms with Gasteiger partial charge in [-0.3, -0.25) is 14.6 Å². The first-order valence-electron chi connectivity index (χ1n) is 9.63. The molecule has 0 fully saturated rings. The van der Waals surface area contributed by atoms with Crippen LogP contribution in [0.3, 0.4) is 0 Å². The Kier molecular flexibility index (Phi) is 5.22. The number of pyridine rings is 1. The maximum atomic E-state index is 12.6. The van der Waals surface area contributed by atoms with Crippen molar-refractivity contribution in [3.63, 3.8) is 0 Å². The highest BCUT2D eigenvalue weighted by Crippen LogP contribution is 2.24. The van der Waals surface area contributed by atoms with Crippen molar-refractivity contribution in [1.82, 2.24) is 35.7 Å². The van der Waals surface area contributed by atoms with Gasteiger partial charge in [0.05, 0.1) is 0 Å². The minimum Gasteiger partial charge on any atom is -0.344 e. The number of fused-ring (bicyclic) bond motifs is 1. The SMILES string of the molecule is CN(C)C(=O)c1cc2cc(C3=CCCN(C(=O)CCN4C=CNN4)C3)cnc2[nH]1. The number of nitrogens with zero attached hydrogens (tertiary/aromatic N) is 4. The standard InChI is InChI=1S/C20H25N7O2/c1-25(2)20(29)17-11-15-10-16(12-21-19(15)23-17)14-4-3-7-26(13-14)18(28)5-8-27-9-6-22-24-27/h4,6,9-12,22,24H,3,5,7-8,13H2,1-2H3,(H,21,23). The van der Waals surface area contributed by atoms with E-state index in [1.165, 1.54) is 4.90 Å². The van der Waals surface area contributed by atoms with Crippen molar-refractivity contribution in [2.24, 2.45) is 0 Å². The van der Waals surface area contributed by atoms with E-state index < -0.39 is 0 Å². The maximum Gasteiger partial charge on any atom is 0.269 e. The molecule has 0 aliphatic carbocycles. The van der Waals surface area contributed by atoms with Crippen LogP contribution in [0.1, 0.15) is 28.9 Å². The molecule has 0 spiro atoms. The van der Waals surface area contributed by atoms with E-state index in [1.807, 2.05) is 28.2 Å². The minimum absolute atomic E-state index is 0.0873. The molecule has 0 saturated heterocycles. The lowest BCUT2D eigenvalue weighted by Gasteiger charge is -2.28. The van der Waals surface area contributed by atoms with Gasteiger partial charge in [-0.1, -0.05) is 6.08 Å². The number of nitrogens with one attached hydrogen (secondary N) is 3. The Bertz CT molecular complexity index is 992. The molecule has 4 rings (SSSR count). The van der Waals surface area contributed by atoms with Crippen LogP contribution < -0.4 is 11.0 Å². The Labute approximate surface area is 169 Å². The number of carbonyl (C=O) groups excluding carboxylic acids is 2. The van der Waals surface area contributed by atoms with Crippen LogP contribution in [-0.4, -0.2) is 70.3 Å². The van der Waals surface area contributed by atoms with Gasteiger partial charge in [0.2, 0.25) is 5.91 Å². The zero-order valence-corrected chi connectivity index (χ0v) is 16.6. The minimum atomic E-state index is -0.0873. The van der Waals surface area contributed by atoms with Crippen LogP contribution in [0.15, 0.2) is 36.8 Å². The fourth-order valence-corrected chi connectivity index (χ4v) is 3.50. The van der Waals surface area contributed by atoms with E-state index in [4.69, 9.17) is 0 Å². The van der Waals surface area contributed by atoms with Crippen LogP contribution >= 0.6 is 0 Å². The van der Waals surface area contributed by atoms with Crippen molar-refractivity contribution >= 4 is 28.4 Å². The van der Waals surface area contributed by atoms with Gasteiger partial charge in [0.15, 0.2) is 0 Å². The number of hydrazine groups is 2. The average molecular weight is 395 g/mol. The molecule has 2 aliphatic heterocycles. The van der Waals surface area contributed by atoms with E-state index in [0.29, 0.717) is 30.9 Å². The molecule has 0 atom stereocenters. The predicted molar refractivity (Wildman–Crippen MR) is 110 cm³/mol. The average Bonchev–Trinajstić information content (AvgIpc) is 3.40. The summed E-state index contributed by atoms with van der Waals surface area (Å²) >= 11 is 0. The highest BCUT2D eigenvalue weighted by Gasteiger charge is 2.20. The summed E-state index contributed by atoms with van der Waals surface area (Å²) in [6.07, 6.45) is 8.88. The quantitative estimate of drug-likeness (QED) is 0.701. The van der Waals surface area contributed by atoms with Gasteiger partial charge in [0, 0.05) is 64.1 Å². The summed E-state index contributed by atoms with van der Waals surface area (Å²) in [4.78, 5) is 35.8. The number of hydrogen-bond donors (Lipinski definition) is 3. The summed E-state index contributed by atoms with van der Waals surface area (Å²) in [7, 11) is 3.44. The van der Waals surface area contributed by atoms with Gasteiger partial charge in [-0.25, -0.2) is 4.98 Å². The zero-order valence-electron chi connectivity index (χ0n) is 16.6. The van der Waals surface area contributed by atoms with E-state index in [2.05, 4.69) is 27.0 Å². The number of carbonyl (C=O) groups is 2. The highest BCUT2D eigenvalue weighted by molar-refractivity contribution is 5.97. The van der Waals surface area contributed by atoms with E-state index in [0.717, 1.165) is 29.5 Å². The third-order valence-electron chi connectivity index (χ3n) is 5.09. The first-order chi connectivity index (χ1) is 14.0. The topological polar surface area (TPSA) is 96.6 Å². The highest BCUT2D eigenvalue weighted by atomic mass is 16.2. The maximum absolute atomic E-state index is 12.6. The molecule has 4 heterocycles. The second-order valence-electron chi connectivity index (χ2n) is 7.39. The van der Waals surface area contributed by atoms with Gasteiger partial charge in [-0.2, -0.15) is 0 Å². The lowest BCUT2D eigenvalue weighted by Crippen LogP contribution is -2.40. The van der Waals surface area contributed by atoms with Gasteiger partial charge >= 0.3 is 0 Å². The summed E-state index contributed by atoms with van der Waals surface area (Å²) in [5.74, 6) is 0.0444. The zero-order chi connectivity index (χ0) is 20.4. The Hall–Kier alpha value is -3.33. The normalized spacial score (nSPS) is 16.1. The lowest BCUT2D eigenvalue weighted by atomic mass is 10.0. The van der Waals surface area contributed by atoms with Crippen molar-refractivity contribution in [1.29, 1.82) is 0 Å². The molecule has 9 heteroatoms. The Morgan fingerprint density at radius 2 is 2.14 bits per heavy atom. The van der Waals surface area contributed by atoms with Gasteiger partial charge < -0.3 is 20.2 Å². The molecule has 0 unspecified atom stereocenters. The second-order valence-corrected chi connectivity index (χ2v) is 7.39. The molecule has 2 aromatic heterocycles. The predicted octanol–water partition coefficient (Wildman–Crippen LogP) is 1.07. The van der Waals surface area contributed by atoms with Crippen molar-refractivity contribution in [3.8, 4) is 0 Å². The smallest absolute Gasteiger partial charge is 0.269 e. The summed E-state index contributed by atoms with van der Waals surface area (Å²) in [5.41, 5.74) is 9.06. The molecular formula is C20H25N7O2. The van der Waals surface area contributed by atoms with Gasteiger partial charge in [-0.15, -0.1) is 5.53 Å². The van der Waals surface area contributed by atoms with Crippen LogP contribution in [0.4, 0.5) is 0 Å². The van der Waals surface area contributed by atoms with Crippen LogP contribution in [-0.2, 0) is 4.79 Å². The Morgan fingerprint density at radius 3 is 2.90 bits per heavy atom. The van der Waals surface area contributed by atoms with E-state index in [1.54, 1.807) is 26.5 Å². The summed E-state index contributed by atoms with van der Waals surface area (Å²) in [6, 6.07) is 3.85. The molecule has 2 aromatic rings. The second kappa shape index (κ2) is 7.96. The van der Waals surface area contributed by atoms with Crippen molar-refractivity contribution in [2.45, 2.75) is 12.8 Å². The number of aromatic nitrogens is 2. The molecule has 152 valence electrons. The molecule has 0 saturated carbocycles. The monoisotopic (exact) mass is 395 g/mol. The van der Waals surface area contributed by atoms with Crippen molar-refractivity contribution in [3.05, 3.63) is 48.1 Å². The molecule has 0 radical (unpaired) electrons. The number of aromatic amines is 1. The van der Waals surface area contributed by atoms with E-state index in [-0.39, 0.29) is 11.8 Å². The molecule has 9 nitrogen and oxygen atoms in total. The van der Waals surface area contributed by atoms with Gasteiger partial charge in [0.25, 0.3) is 5.91 Å². The molecule has 0 bridgehead atoms. The van der Waals surface area contributed by atoms with Gasteiger partial charge in [-0.05, 0) is 29.7 Å². The summed E-state index contributed by atoms with van der Waals surface area (Å²) in [5, 5.41) is 2.73. The van der Waals surface area contributed by atoms with Crippen molar-refractivity contribution in [2.75, 3.05) is 33.7 Å². The third kappa shape index (κ3) is 4.09. The summed E-state index contributed by atoms with van der Waals surface area (Å²) in [6.45, 7) is 1.91. The first-order valence-corrected chi connectivity index (χ1v) is 9.63. The summed E-state index contributed by atoms with van der Waals surface area (Å²) < 4.78 is 0. The number of hydrogen-bond acceptors (Lipinski definition) is 6. The van der Waals surface area contributed by atoms with Crippen LogP contribution in [0.2, 0.25) is 0 Å². The van der Waals surface area contributed by atoms with Crippen LogP contribution in [0, 0.1) is 0 Å². The lowest BCUT2D eigenvalue weighted by molar-refractivity contribution is -0.131. The number of H-pyrrole nitrogens is 1. The molecule has 3 N–H and O–H groups in total. The molecule has 2 amide bonds. The fraction of sp³-hybridized carbons (Fsp3) is 0.350. The molecule has 2 aliphatic rings. The van der Waals surface area contributed by atoms with E-state index in [9.17, 15) is 9.59 Å². The number of amides is 2. The van der Waals surface area contributed by atoms with Crippen LogP contribution in [0.5, 0.6) is 0 Å². The largest absolute Gasteiger partial charge is 0.344 e. The first kappa shape index (κ1) is 19.0. The van der Waals surface area contributed by atoms with Crippen LogP contribution in [0.25, 0.3) is 16.6 Å². The van der Waals surface area contributed by atoms with Crippen molar-refractivity contribution < 1.29 is 9.59 Å². The number of rotatable bonds is 5. The fourth-order valence-electron chi connectivity index (χ4n) is 3.50. The molecule has 29 heavy (non-hydrogen) atoms.